The summed E-state index contributed by atoms with van der Waals surface area (Å²) in [6, 6.07) is 10.1. The van der Waals surface area contributed by atoms with E-state index in [0.29, 0.717) is 12.3 Å². The summed E-state index contributed by atoms with van der Waals surface area (Å²) < 4.78 is 10.7. The Bertz CT molecular complexity index is 475. The highest BCUT2D eigenvalue weighted by Gasteiger charge is 2.23. The van der Waals surface area contributed by atoms with Gasteiger partial charge in [-0.1, -0.05) is 35.5 Å². The van der Waals surface area contributed by atoms with Crippen LogP contribution < -0.4 is 0 Å². The zero-order valence-corrected chi connectivity index (χ0v) is 9.50. The van der Waals surface area contributed by atoms with Crippen molar-refractivity contribution >= 4 is 0 Å². The monoisotopic (exact) mass is 230 g/mol. The maximum absolute atomic E-state index is 5.51. The summed E-state index contributed by atoms with van der Waals surface area (Å²) in [7, 11) is 0. The number of rotatable bonds is 3. The number of hydrogen-bond donors (Lipinski definition) is 0. The van der Waals surface area contributed by atoms with E-state index in [1.54, 1.807) is 0 Å². The van der Waals surface area contributed by atoms with Gasteiger partial charge < -0.3 is 9.26 Å². The molecular weight excluding hydrogens is 216 g/mol. The third kappa shape index (κ3) is 2.36. The molecule has 3 rings (SSSR count). The van der Waals surface area contributed by atoms with E-state index in [1.165, 1.54) is 5.56 Å². The highest BCUT2D eigenvalue weighted by Crippen LogP contribution is 2.27. The van der Waals surface area contributed by atoms with E-state index in [9.17, 15) is 0 Å². The van der Waals surface area contributed by atoms with Crippen LogP contribution in [0.4, 0.5) is 0 Å². The van der Waals surface area contributed by atoms with Crippen LogP contribution in [0.5, 0.6) is 0 Å². The van der Waals surface area contributed by atoms with Gasteiger partial charge >= 0.3 is 0 Å². The minimum atomic E-state index is 0.00650. The second-order valence-corrected chi connectivity index (χ2v) is 4.21. The van der Waals surface area contributed by atoms with Crippen molar-refractivity contribution in [3.05, 3.63) is 47.6 Å². The Labute approximate surface area is 99.6 Å². The molecule has 0 spiro atoms. The highest BCUT2D eigenvalue weighted by atomic mass is 16.5. The predicted octanol–water partition coefficient (Wildman–Crippen LogP) is 2.51. The van der Waals surface area contributed by atoms with Gasteiger partial charge in [0.1, 0.15) is 6.10 Å². The van der Waals surface area contributed by atoms with Crippen molar-refractivity contribution in [3.8, 4) is 0 Å². The van der Waals surface area contributed by atoms with E-state index >= 15 is 0 Å². The van der Waals surface area contributed by atoms with Gasteiger partial charge in [0.15, 0.2) is 5.82 Å². The number of ether oxygens (including phenoxy) is 1. The summed E-state index contributed by atoms with van der Waals surface area (Å²) >= 11 is 0. The molecule has 0 bridgehead atoms. The van der Waals surface area contributed by atoms with Crippen molar-refractivity contribution in [2.75, 3.05) is 6.61 Å². The van der Waals surface area contributed by atoms with Crippen molar-refractivity contribution in [1.82, 2.24) is 10.1 Å². The zero-order valence-electron chi connectivity index (χ0n) is 9.50. The predicted molar refractivity (Wildman–Crippen MR) is 61.5 cm³/mol. The first-order valence-electron chi connectivity index (χ1n) is 5.90. The molecule has 88 valence electrons. The standard InChI is InChI=1S/C13H14N2O2/c1-2-5-10(6-3-1)9-12-14-13(17-15-12)11-7-4-8-16-11/h1-3,5-6,11H,4,7-9H2. The maximum atomic E-state index is 5.51. The third-order valence-corrected chi connectivity index (χ3v) is 2.89. The van der Waals surface area contributed by atoms with Gasteiger partial charge in [-0.25, -0.2) is 0 Å². The fourth-order valence-corrected chi connectivity index (χ4v) is 2.02. The van der Waals surface area contributed by atoms with E-state index in [0.717, 1.165) is 25.3 Å². The lowest BCUT2D eigenvalue weighted by Crippen LogP contribution is -1.96. The molecule has 4 nitrogen and oxygen atoms in total. The normalized spacial score (nSPS) is 19.6. The number of benzene rings is 1. The molecule has 0 radical (unpaired) electrons. The Morgan fingerprint density at radius 2 is 2.12 bits per heavy atom. The lowest BCUT2D eigenvalue weighted by atomic mass is 10.1. The smallest absolute Gasteiger partial charge is 0.255 e. The SMILES string of the molecule is c1ccc(Cc2noc(C3CCCO3)n2)cc1. The Kier molecular flexibility index (Phi) is 2.88. The van der Waals surface area contributed by atoms with Gasteiger partial charge in [-0.3, -0.25) is 0 Å². The molecule has 1 aromatic carbocycles. The van der Waals surface area contributed by atoms with Gasteiger partial charge in [0.2, 0.25) is 0 Å². The molecule has 1 unspecified atom stereocenters. The van der Waals surface area contributed by atoms with E-state index in [2.05, 4.69) is 22.3 Å². The molecule has 0 saturated carbocycles. The molecule has 1 saturated heterocycles. The number of aromatic nitrogens is 2. The van der Waals surface area contributed by atoms with Crippen molar-refractivity contribution in [2.24, 2.45) is 0 Å². The Morgan fingerprint density at radius 3 is 2.88 bits per heavy atom. The summed E-state index contributed by atoms with van der Waals surface area (Å²) in [6.45, 7) is 0.793. The average Bonchev–Trinajstić information content (AvgIpc) is 3.00. The van der Waals surface area contributed by atoms with Crippen molar-refractivity contribution in [1.29, 1.82) is 0 Å². The van der Waals surface area contributed by atoms with Crippen LogP contribution in [0.3, 0.4) is 0 Å². The lowest BCUT2D eigenvalue weighted by Gasteiger charge is -2.00. The van der Waals surface area contributed by atoms with E-state index in [-0.39, 0.29) is 6.10 Å². The summed E-state index contributed by atoms with van der Waals surface area (Å²) in [5, 5.41) is 3.99. The van der Waals surface area contributed by atoms with E-state index in [4.69, 9.17) is 9.26 Å². The van der Waals surface area contributed by atoms with Crippen LogP contribution in [0, 0.1) is 0 Å². The van der Waals surface area contributed by atoms with Crippen LogP contribution in [0.15, 0.2) is 34.9 Å². The Hall–Kier alpha value is -1.68. The fourth-order valence-electron chi connectivity index (χ4n) is 2.02. The molecule has 2 heterocycles. The van der Waals surface area contributed by atoms with Gasteiger partial charge in [0.05, 0.1) is 0 Å². The van der Waals surface area contributed by atoms with Gasteiger partial charge in [-0.05, 0) is 18.4 Å². The Morgan fingerprint density at radius 1 is 1.24 bits per heavy atom. The quantitative estimate of drug-likeness (QED) is 0.812. The highest BCUT2D eigenvalue weighted by molar-refractivity contribution is 5.18. The molecule has 1 aliphatic rings. The van der Waals surface area contributed by atoms with E-state index in [1.807, 2.05) is 18.2 Å². The second kappa shape index (κ2) is 4.67. The average molecular weight is 230 g/mol. The van der Waals surface area contributed by atoms with Gasteiger partial charge in [0, 0.05) is 13.0 Å². The maximum Gasteiger partial charge on any atom is 0.255 e. The fraction of sp³-hybridized carbons (Fsp3) is 0.385. The summed E-state index contributed by atoms with van der Waals surface area (Å²) in [4.78, 5) is 4.38. The molecule has 4 heteroatoms. The molecule has 1 aromatic heterocycles. The topological polar surface area (TPSA) is 48.2 Å². The molecule has 17 heavy (non-hydrogen) atoms. The first kappa shape index (κ1) is 10.5. The van der Waals surface area contributed by atoms with Crippen LogP contribution in [-0.2, 0) is 11.2 Å². The van der Waals surface area contributed by atoms with E-state index < -0.39 is 0 Å². The Balaban J connectivity index is 1.72. The van der Waals surface area contributed by atoms with Crippen molar-refractivity contribution in [2.45, 2.75) is 25.4 Å². The van der Waals surface area contributed by atoms with Crippen LogP contribution in [0.2, 0.25) is 0 Å². The summed E-state index contributed by atoms with van der Waals surface area (Å²) in [6.07, 6.45) is 2.76. The van der Waals surface area contributed by atoms with Crippen molar-refractivity contribution in [3.63, 3.8) is 0 Å². The van der Waals surface area contributed by atoms with Gasteiger partial charge in [-0.2, -0.15) is 4.98 Å². The molecule has 1 aliphatic heterocycles. The second-order valence-electron chi connectivity index (χ2n) is 4.21. The van der Waals surface area contributed by atoms with Gasteiger partial charge in [0.25, 0.3) is 5.89 Å². The largest absolute Gasteiger partial charge is 0.368 e. The summed E-state index contributed by atoms with van der Waals surface area (Å²) in [5.74, 6) is 1.34. The first-order valence-corrected chi connectivity index (χ1v) is 5.90. The number of nitrogens with zero attached hydrogens (tertiary/aromatic N) is 2. The lowest BCUT2D eigenvalue weighted by molar-refractivity contribution is 0.0835. The zero-order chi connectivity index (χ0) is 11.5. The van der Waals surface area contributed by atoms with Crippen LogP contribution in [-0.4, -0.2) is 16.7 Å². The van der Waals surface area contributed by atoms with Crippen LogP contribution >= 0.6 is 0 Å². The molecule has 0 amide bonds. The van der Waals surface area contributed by atoms with Crippen molar-refractivity contribution < 1.29 is 9.26 Å². The van der Waals surface area contributed by atoms with Crippen LogP contribution in [0.1, 0.15) is 36.2 Å². The molecular formula is C13H14N2O2. The van der Waals surface area contributed by atoms with Crippen LogP contribution in [0.25, 0.3) is 0 Å². The molecule has 0 N–H and O–H groups in total. The minimum absolute atomic E-state index is 0.00650. The molecule has 2 aromatic rings. The number of hydrogen-bond acceptors (Lipinski definition) is 4. The first-order chi connectivity index (χ1) is 8.42. The molecule has 0 aliphatic carbocycles. The molecule has 1 fully saturated rings. The third-order valence-electron chi connectivity index (χ3n) is 2.89. The summed E-state index contributed by atoms with van der Waals surface area (Å²) in [5.41, 5.74) is 1.19. The minimum Gasteiger partial charge on any atom is -0.368 e. The molecule has 1 atom stereocenters. The van der Waals surface area contributed by atoms with Gasteiger partial charge in [-0.15, -0.1) is 0 Å².